The highest BCUT2D eigenvalue weighted by atomic mass is 32.2. The second kappa shape index (κ2) is 10.2. The lowest BCUT2D eigenvalue weighted by Gasteiger charge is -2.26. The van der Waals surface area contributed by atoms with E-state index in [1.54, 1.807) is 4.57 Å². The zero-order valence-corrected chi connectivity index (χ0v) is 22.4. The molecule has 8 heteroatoms. The number of carbonyl (C=O) groups excluding carboxylic acids is 1. The molecule has 4 aromatic rings. The second-order valence-corrected chi connectivity index (χ2v) is 11.9. The summed E-state index contributed by atoms with van der Waals surface area (Å²) in [7, 11) is 0. The van der Waals surface area contributed by atoms with Gasteiger partial charge in [0.1, 0.15) is 4.83 Å². The number of nitrogens with zero attached hydrogens (tertiary/aromatic N) is 2. The number of hydrogen-bond acceptors (Lipinski definition) is 6. The van der Waals surface area contributed by atoms with Crippen LogP contribution in [0.1, 0.15) is 36.8 Å². The number of ether oxygens (including phenoxy) is 1. The number of thioether (sulfide) groups is 1. The number of aromatic nitrogens is 2. The molecule has 0 saturated heterocycles. The fourth-order valence-corrected chi connectivity index (χ4v) is 6.41. The number of benzene rings is 2. The van der Waals surface area contributed by atoms with Crippen LogP contribution in [0.2, 0.25) is 0 Å². The van der Waals surface area contributed by atoms with Gasteiger partial charge in [0.15, 0.2) is 5.16 Å². The molecule has 0 spiro atoms. The van der Waals surface area contributed by atoms with Crippen molar-refractivity contribution < 1.29 is 9.53 Å². The van der Waals surface area contributed by atoms with Crippen LogP contribution in [0, 0.1) is 12.8 Å². The van der Waals surface area contributed by atoms with Crippen LogP contribution in [0.25, 0.3) is 15.9 Å². The summed E-state index contributed by atoms with van der Waals surface area (Å²) in [6.45, 7) is 8.63. The average molecular weight is 520 g/mol. The maximum Gasteiger partial charge on any atom is 0.267 e. The maximum atomic E-state index is 14.1. The molecule has 1 amide bonds. The van der Waals surface area contributed by atoms with E-state index in [2.05, 4.69) is 19.2 Å². The van der Waals surface area contributed by atoms with E-state index in [0.717, 1.165) is 27.4 Å². The summed E-state index contributed by atoms with van der Waals surface area (Å²) in [5, 5.41) is 3.67. The van der Waals surface area contributed by atoms with E-state index in [-0.39, 0.29) is 17.6 Å². The topological polar surface area (TPSA) is 73.2 Å². The molecule has 0 bridgehead atoms. The highest BCUT2D eigenvalue weighted by Crippen LogP contribution is 2.37. The van der Waals surface area contributed by atoms with Gasteiger partial charge in [-0.3, -0.25) is 14.2 Å². The lowest BCUT2D eigenvalue weighted by atomic mass is 9.96. The van der Waals surface area contributed by atoms with Gasteiger partial charge in [0.2, 0.25) is 5.91 Å². The molecule has 0 fully saturated rings. The van der Waals surface area contributed by atoms with Gasteiger partial charge < -0.3 is 10.1 Å². The molecule has 0 aliphatic carbocycles. The van der Waals surface area contributed by atoms with E-state index in [9.17, 15) is 9.59 Å². The highest BCUT2D eigenvalue weighted by molar-refractivity contribution is 8.00. The highest BCUT2D eigenvalue weighted by Gasteiger charge is 2.29. The van der Waals surface area contributed by atoms with E-state index in [1.165, 1.54) is 23.1 Å². The minimum Gasteiger partial charge on any atom is -0.372 e. The lowest BCUT2D eigenvalue weighted by Crippen LogP contribution is -2.29. The first-order valence-corrected chi connectivity index (χ1v) is 13.8. The Hall–Kier alpha value is -2.94. The first-order valence-electron chi connectivity index (χ1n) is 12.1. The van der Waals surface area contributed by atoms with Gasteiger partial charge in [-0.05, 0) is 49.6 Å². The molecule has 186 valence electrons. The molecule has 0 radical (unpaired) electrons. The molecule has 0 saturated carbocycles. The number of nitrogens with one attached hydrogen (secondary N) is 1. The van der Waals surface area contributed by atoms with Crippen molar-refractivity contribution in [1.29, 1.82) is 0 Å². The molecule has 6 nitrogen and oxygen atoms in total. The molecule has 1 aliphatic rings. The standard InChI is InChI=1S/C28H29N3O3S2/c1-16(2)22-14-21-23(15-34-22)36-26-24(21)27(33)31(20-12-10-17(3)11-13-20)28(30-26)35-18(4)25(32)29-19-8-6-5-7-9-19/h5-13,16,18,22H,14-15H2,1-4H3,(H,29,32)/t18-,22-/m0/s1. The van der Waals surface area contributed by atoms with Gasteiger partial charge in [-0.1, -0.05) is 61.5 Å². The number of amides is 1. The Bertz CT molecular complexity index is 1460. The Morgan fingerprint density at radius 2 is 1.86 bits per heavy atom. The van der Waals surface area contributed by atoms with Crippen molar-refractivity contribution in [1.82, 2.24) is 9.55 Å². The van der Waals surface area contributed by atoms with Crippen LogP contribution >= 0.6 is 23.1 Å². The zero-order chi connectivity index (χ0) is 25.4. The van der Waals surface area contributed by atoms with Gasteiger partial charge in [-0.15, -0.1) is 11.3 Å². The lowest BCUT2D eigenvalue weighted by molar-refractivity contribution is -0.115. The monoisotopic (exact) mass is 519 g/mol. The smallest absolute Gasteiger partial charge is 0.267 e. The van der Waals surface area contributed by atoms with E-state index in [4.69, 9.17) is 9.72 Å². The predicted molar refractivity (Wildman–Crippen MR) is 147 cm³/mol. The van der Waals surface area contributed by atoms with E-state index < -0.39 is 5.25 Å². The molecular formula is C28H29N3O3S2. The van der Waals surface area contributed by atoms with Crippen LogP contribution in [0.4, 0.5) is 5.69 Å². The Morgan fingerprint density at radius 1 is 1.14 bits per heavy atom. The van der Waals surface area contributed by atoms with Gasteiger partial charge in [-0.25, -0.2) is 4.98 Å². The normalized spacial score (nSPS) is 16.2. The molecule has 1 aliphatic heterocycles. The zero-order valence-electron chi connectivity index (χ0n) is 20.8. The molecule has 36 heavy (non-hydrogen) atoms. The predicted octanol–water partition coefficient (Wildman–Crippen LogP) is 5.97. The molecular weight excluding hydrogens is 490 g/mol. The molecule has 0 unspecified atom stereocenters. The minimum absolute atomic E-state index is 0.0817. The molecule has 3 heterocycles. The van der Waals surface area contributed by atoms with Gasteiger partial charge in [-0.2, -0.15) is 0 Å². The Labute approximate surface area is 218 Å². The fraction of sp³-hybridized carbons (Fsp3) is 0.321. The van der Waals surface area contributed by atoms with Crippen LogP contribution in [0.15, 0.2) is 64.5 Å². The van der Waals surface area contributed by atoms with E-state index >= 15 is 0 Å². The van der Waals surface area contributed by atoms with Crippen LogP contribution in [-0.4, -0.2) is 26.8 Å². The Morgan fingerprint density at radius 3 is 2.56 bits per heavy atom. The van der Waals surface area contributed by atoms with E-state index in [0.29, 0.717) is 34.3 Å². The molecule has 1 N–H and O–H groups in total. The van der Waals surface area contributed by atoms with Crippen LogP contribution in [-0.2, 0) is 22.6 Å². The van der Waals surface area contributed by atoms with Crippen molar-refractivity contribution in [3.05, 3.63) is 81.0 Å². The summed E-state index contributed by atoms with van der Waals surface area (Å²) >= 11 is 2.82. The summed E-state index contributed by atoms with van der Waals surface area (Å²) in [5.41, 5.74) is 3.55. The summed E-state index contributed by atoms with van der Waals surface area (Å²) < 4.78 is 7.72. The molecule has 5 rings (SSSR count). The van der Waals surface area contributed by atoms with Crippen molar-refractivity contribution in [3.63, 3.8) is 0 Å². The SMILES string of the molecule is Cc1ccc(-n2c(S[C@@H](C)C(=O)Nc3ccccc3)nc3sc4c(c3c2=O)C[C@@H](C(C)C)OC4)cc1. The molecule has 2 aromatic heterocycles. The third-order valence-electron chi connectivity index (χ3n) is 6.44. The number of aryl methyl sites for hydroxylation is 1. The first-order chi connectivity index (χ1) is 17.3. The van der Waals surface area contributed by atoms with Crippen molar-refractivity contribution in [2.75, 3.05) is 5.32 Å². The fourth-order valence-electron chi connectivity index (χ4n) is 4.31. The number of anilines is 1. The number of thiophene rings is 1. The second-order valence-electron chi connectivity index (χ2n) is 9.47. The van der Waals surface area contributed by atoms with Crippen molar-refractivity contribution in [3.8, 4) is 5.69 Å². The van der Waals surface area contributed by atoms with Gasteiger partial charge >= 0.3 is 0 Å². The maximum absolute atomic E-state index is 14.1. The largest absolute Gasteiger partial charge is 0.372 e. The number of carbonyl (C=O) groups is 1. The number of rotatable bonds is 6. The molecule has 2 aromatic carbocycles. The van der Waals surface area contributed by atoms with Gasteiger partial charge in [0.25, 0.3) is 5.56 Å². The van der Waals surface area contributed by atoms with Gasteiger partial charge in [0, 0.05) is 17.0 Å². The van der Waals surface area contributed by atoms with Crippen molar-refractivity contribution >= 4 is 44.9 Å². The minimum atomic E-state index is -0.463. The van der Waals surface area contributed by atoms with Gasteiger partial charge in [0.05, 0.1) is 29.0 Å². The average Bonchev–Trinajstić information content (AvgIpc) is 3.23. The summed E-state index contributed by atoms with van der Waals surface area (Å²) in [5.74, 6) is 0.217. The Balaban J connectivity index is 1.58. The van der Waals surface area contributed by atoms with Crippen LogP contribution < -0.4 is 10.9 Å². The van der Waals surface area contributed by atoms with Crippen molar-refractivity contribution in [2.45, 2.75) is 57.2 Å². The third kappa shape index (κ3) is 4.85. The number of para-hydroxylation sites is 1. The summed E-state index contributed by atoms with van der Waals surface area (Å²) in [4.78, 5) is 33.7. The summed E-state index contributed by atoms with van der Waals surface area (Å²) in [6, 6.07) is 17.2. The Kier molecular flexibility index (Phi) is 7.01. The quantitative estimate of drug-likeness (QED) is 0.251. The van der Waals surface area contributed by atoms with Crippen LogP contribution in [0.3, 0.4) is 0 Å². The number of fused-ring (bicyclic) bond motifs is 3. The number of hydrogen-bond donors (Lipinski definition) is 1. The van der Waals surface area contributed by atoms with Crippen molar-refractivity contribution in [2.24, 2.45) is 5.92 Å². The third-order valence-corrected chi connectivity index (χ3v) is 8.59. The molecule has 2 atom stereocenters. The van der Waals surface area contributed by atoms with Crippen LogP contribution in [0.5, 0.6) is 0 Å². The first kappa shape index (κ1) is 24.7. The van der Waals surface area contributed by atoms with E-state index in [1.807, 2.05) is 68.4 Å². The summed E-state index contributed by atoms with van der Waals surface area (Å²) in [6.07, 6.45) is 0.790.